The fourth-order valence-electron chi connectivity index (χ4n) is 2.04. The third-order valence-electron chi connectivity index (χ3n) is 3.34. The maximum Gasteiger partial charge on any atom is 1.00 e. The molecule has 0 aliphatic rings. The van der Waals surface area contributed by atoms with Gasteiger partial charge >= 0.3 is 41.5 Å². The van der Waals surface area contributed by atoms with Crippen molar-refractivity contribution in [3.05, 3.63) is 0 Å². The molecule has 7 heteroatoms. The van der Waals surface area contributed by atoms with Gasteiger partial charge in [0.1, 0.15) is 6.10 Å². The summed E-state index contributed by atoms with van der Waals surface area (Å²) in [6.07, 6.45) is 7.43. The maximum atomic E-state index is 11.3. The van der Waals surface area contributed by atoms with Crippen molar-refractivity contribution in [1.29, 1.82) is 0 Å². The first-order valence-corrected chi connectivity index (χ1v) is 8.09. The number of unbranched alkanes of at least 4 members (excludes halogenated alkanes) is 8. The number of hydrogen-bond donors (Lipinski definition) is 1. The summed E-state index contributed by atoms with van der Waals surface area (Å²) in [6, 6.07) is 0. The van der Waals surface area contributed by atoms with Gasteiger partial charge in [-0.25, -0.2) is 0 Å². The van der Waals surface area contributed by atoms with Crippen LogP contribution in [0.3, 0.4) is 0 Å². The van der Waals surface area contributed by atoms with Gasteiger partial charge in [-0.1, -0.05) is 58.3 Å². The molecule has 0 heterocycles. The standard InChI is InChI=1S/C16H28O6.Na/c1-2-3-4-5-6-7-8-9-10-11-14(18)22-15(19)12-13(17)16(20)21;/h13,17H,2-12H2,1H3,(H,20,21);/q;+1/p-1. The normalized spacial score (nSPS) is 11.4. The molecule has 0 aromatic rings. The third kappa shape index (κ3) is 16.2. The van der Waals surface area contributed by atoms with E-state index in [4.69, 9.17) is 5.11 Å². The molecular weight excluding hydrogens is 311 g/mol. The van der Waals surface area contributed by atoms with Crippen LogP contribution in [0.25, 0.3) is 0 Å². The number of carboxylic acid groups (broad SMARTS) is 1. The molecule has 0 aliphatic heterocycles. The Morgan fingerprint density at radius 3 is 1.87 bits per heavy atom. The molecule has 0 saturated heterocycles. The molecule has 6 nitrogen and oxygen atoms in total. The number of ether oxygens (including phenoxy) is 1. The molecule has 0 saturated carbocycles. The first kappa shape index (κ1) is 24.8. The van der Waals surface area contributed by atoms with Gasteiger partial charge in [0.15, 0.2) is 0 Å². The van der Waals surface area contributed by atoms with E-state index in [2.05, 4.69) is 11.7 Å². The number of esters is 2. The number of aliphatic hydroxyl groups excluding tert-OH is 1. The Kier molecular flexibility index (Phi) is 17.7. The van der Waals surface area contributed by atoms with Crippen molar-refractivity contribution in [2.45, 2.75) is 83.7 Å². The van der Waals surface area contributed by atoms with E-state index in [1.807, 2.05) is 0 Å². The molecule has 0 bridgehead atoms. The molecule has 0 rings (SSSR count). The Balaban J connectivity index is 0. The fraction of sp³-hybridized carbons (Fsp3) is 0.812. The number of carboxylic acids is 1. The average Bonchev–Trinajstić information content (AvgIpc) is 2.45. The van der Waals surface area contributed by atoms with E-state index in [9.17, 15) is 19.5 Å². The quantitative estimate of drug-likeness (QED) is 0.189. The molecule has 1 unspecified atom stereocenters. The summed E-state index contributed by atoms with van der Waals surface area (Å²) in [5.41, 5.74) is 0. The van der Waals surface area contributed by atoms with Crippen LogP contribution < -0.4 is 34.7 Å². The molecule has 0 fully saturated rings. The van der Waals surface area contributed by atoms with Crippen molar-refractivity contribution in [2.24, 2.45) is 0 Å². The molecular formula is C16H27NaO6. The Morgan fingerprint density at radius 1 is 0.913 bits per heavy atom. The maximum absolute atomic E-state index is 11.3. The van der Waals surface area contributed by atoms with E-state index in [1.165, 1.54) is 32.1 Å². The molecule has 128 valence electrons. The number of aliphatic hydroxyl groups is 1. The summed E-state index contributed by atoms with van der Waals surface area (Å²) in [6.45, 7) is 2.18. The van der Waals surface area contributed by atoms with E-state index in [0.29, 0.717) is 6.42 Å². The first-order valence-electron chi connectivity index (χ1n) is 8.09. The van der Waals surface area contributed by atoms with Crippen LogP contribution in [0.5, 0.6) is 0 Å². The summed E-state index contributed by atoms with van der Waals surface area (Å²) in [7, 11) is 0. The Labute approximate surface area is 160 Å². The van der Waals surface area contributed by atoms with Crippen molar-refractivity contribution < 1.29 is 58.9 Å². The van der Waals surface area contributed by atoms with Gasteiger partial charge in [-0.3, -0.25) is 9.59 Å². The van der Waals surface area contributed by atoms with Crippen LogP contribution in [0.1, 0.15) is 77.6 Å². The van der Waals surface area contributed by atoms with Gasteiger partial charge in [-0.2, -0.15) is 0 Å². The van der Waals surface area contributed by atoms with Gasteiger partial charge in [0.25, 0.3) is 0 Å². The molecule has 0 spiro atoms. The van der Waals surface area contributed by atoms with Gasteiger partial charge in [-0.05, 0) is 6.42 Å². The number of hydrogen-bond acceptors (Lipinski definition) is 6. The van der Waals surface area contributed by atoms with Crippen molar-refractivity contribution in [3.63, 3.8) is 0 Å². The van der Waals surface area contributed by atoms with Crippen LogP contribution in [-0.4, -0.2) is 29.1 Å². The largest absolute Gasteiger partial charge is 1.00 e. The molecule has 0 aliphatic carbocycles. The Hall–Kier alpha value is -0.430. The van der Waals surface area contributed by atoms with Crippen LogP contribution >= 0.6 is 0 Å². The topological polar surface area (TPSA) is 104 Å². The minimum atomic E-state index is -1.94. The van der Waals surface area contributed by atoms with Gasteiger partial charge in [-0.15, -0.1) is 0 Å². The van der Waals surface area contributed by atoms with Crippen molar-refractivity contribution >= 4 is 17.9 Å². The summed E-state index contributed by atoms with van der Waals surface area (Å²) >= 11 is 0. The van der Waals surface area contributed by atoms with E-state index in [-0.39, 0.29) is 36.0 Å². The zero-order valence-electron chi connectivity index (χ0n) is 14.3. The third-order valence-corrected chi connectivity index (χ3v) is 3.34. The summed E-state index contributed by atoms with van der Waals surface area (Å²) in [4.78, 5) is 32.7. The predicted octanol–water partition coefficient (Wildman–Crippen LogP) is -1.52. The van der Waals surface area contributed by atoms with Gasteiger partial charge in [0.2, 0.25) is 0 Å². The van der Waals surface area contributed by atoms with Crippen molar-refractivity contribution in [1.82, 2.24) is 0 Å². The Morgan fingerprint density at radius 2 is 1.39 bits per heavy atom. The number of carbonyl (C=O) groups is 3. The van der Waals surface area contributed by atoms with Crippen molar-refractivity contribution in [3.8, 4) is 0 Å². The zero-order chi connectivity index (χ0) is 16.8. The molecule has 0 radical (unpaired) electrons. The van der Waals surface area contributed by atoms with Gasteiger partial charge in [0, 0.05) is 6.42 Å². The van der Waals surface area contributed by atoms with Crippen LogP contribution in [-0.2, 0) is 19.1 Å². The smallest absolute Gasteiger partial charge is 0.547 e. The second kappa shape index (κ2) is 16.4. The molecule has 23 heavy (non-hydrogen) atoms. The fourth-order valence-corrected chi connectivity index (χ4v) is 2.04. The average molecular weight is 338 g/mol. The van der Waals surface area contributed by atoms with Crippen LogP contribution in [0.15, 0.2) is 0 Å². The Bertz CT molecular complexity index is 345. The summed E-state index contributed by atoms with van der Waals surface area (Å²) in [5, 5.41) is 19.1. The molecule has 0 aromatic carbocycles. The number of rotatable bonds is 13. The predicted molar refractivity (Wildman–Crippen MR) is 78.6 cm³/mol. The monoisotopic (exact) mass is 338 g/mol. The van der Waals surface area contributed by atoms with E-state index >= 15 is 0 Å². The second-order valence-electron chi connectivity index (χ2n) is 5.46. The zero-order valence-corrected chi connectivity index (χ0v) is 16.3. The van der Waals surface area contributed by atoms with E-state index < -0.39 is 30.4 Å². The van der Waals surface area contributed by atoms with Gasteiger partial charge < -0.3 is 19.7 Å². The summed E-state index contributed by atoms with van der Waals surface area (Å²) < 4.78 is 4.41. The van der Waals surface area contributed by atoms with Crippen molar-refractivity contribution in [2.75, 3.05) is 0 Å². The van der Waals surface area contributed by atoms with E-state index in [0.717, 1.165) is 19.3 Å². The number of aliphatic carboxylic acids is 1. The SMILES string of the molecule is CCCCCCCCCCCC(=O)OC(=O)CC(O)C(=O)[O-].[Na+]. The molecule has 1 N–H and O–H groups in total. The molecule has 0 aromatic heterocycles. The van der Waals surface area contributed by atoms with E-state index in [1.54, 1.807) is 0 Å². The molecule has 1 atom stereocenters. The minimum Gasteiger partial charge on any atom is -0.547 e. The van der Waals surface area contributed by atoms with Crippen LogP contribution in [0.4, 0.5) is 0 Å². The summed E-state index contributed by atoms with van der Waals surface area (Å²) in [5.74, 6) is -3.49. The molecule has 0 amide bonds. The first-order chi connectivity index (χ1) is 10.5. The van der Waals surface area contributed by atoms with Crippen LogP contribution in [0, 0.1) is 0 Å². The van der Waals surface area contributed by atoms with Crippen LogP contribution in [0.2, 0.25) is 0 Å². The number of carbonyl (C=O) groups excluding carboxylic acids is 3. The minimum absolute atomic E-state index is 0. The second-order valence-corrected chi connectivity index (χ2v) is 5.46. The van der Waals surface area contributed by atoms with Gasteiger partial charge in [0.05, 0.1) is 12.4 Å².